The van der Waals surface area contributed by atoms with Crippen molar-refractivity contribution in [2.75, 3.05) is 18.8 Å². The molecule has 1 atom stereocenters. The second-order valence-corrected chi connectivity index (χ2v) is 4.09. The Balaban J connectivity index is 2.06. The minimum absolute atomic E-state index is 0.376. The molecule has 6 nitrogen and oxygen atoms in total. The number of anilines is 1. The van der Waals surface area contributed by atoms with Crippen LogP contribution in [0.1, 0.15) is 18.9 Å². The van der Waals surface area contributed by atoms with E-state index in [9.17, 15) is 0 Å². The molecule has 3 N–H and O–H groups in total. The fourth-order valence-corrected chi connectivity index (χ4v) is 2.19. The summed E-state index contributed by atoms with van der Waals surface area (Å²) in [6, 6.07) is 0.376. The molecule has 84 valence electrons. The first-order valence-corrected chi connectivity index (χ1v) is 5.50. The molecule has 1 aliphatic rings. The van der Waals surface area contributed by atoms with E-state index in [1.54, 1.807) is 6.20 Å². The Kier molecular flexibility index (Phi) is 2.21. The van der Waals surface area contributed by atoms with Crippen molar-refractivity contribution in [3.63, 3.8) is 0 Å². The average molecular weight is 218 g/mol. The van der Waals surface area contributed by atoms with Crippen LogP contribution < -0.4 is 11.1 Å². The lowest BCUT2D eigenvalue weighted by Crippen LogP contribution is -2.32. The summed E-state index contributed by atoms with van der Waals surface area (Å²) in [7, 11) is 0. The van der Waals surface area contributed by atoms with Crippen LogP contribution in [0.25, 0.3) is 11.0 Å². The number of piperidine rings is 1. The van der Waals surface area contributed by atoms with Crippen LogP contribution in [0.4, 0.5) is 5.82 Å². The van der Waals surface area contributed by atoms with Crippen LogP contribution in [0.5, 0.6) is 0 Å². The molecule has 0 spiro atoms. The summed E-state index contributed by atoms with van der Waals surface area (Å²) < 4.78 is 1.96. The van der Waals surface area contributed by atoms with E-state index in [4.69, 9.17) is 5.73 Å². The van der Waals surface area contributed by atoms with Crippen LogP contribution in [0.15, 0.2) is 12.5 Å². The van der Waals surface area contributed by atoms with Crippen molar-refractivity contribution in [1.29, 1.82) is 0 Å². The lowest BCUT2D eigenvalue weighted by Gasteiger charge is -2.23. The number of hydrogen-bond acceptors (Lipinski definition) is 5. The molecule has 2 aromatic rings. The first-order valence-electron chi connectivity index (χ1n) is 5.50. The van der Waals surface area contributed by atoms with Crippen LogP contribution in [-0.2, 0) is 0 Å². The van der Waals surface area contributed by atoms with Crippen LogP contribution in [0.2, 0.25) is 0 Å². The van der Waals surface area contributed by atoms with Crippen molar-refractivity contribution < 1.29 is 0 Å². The van der Waals surface area contributed by atoms with Gasteiger partial charge in [0.2, 0.25) is 0 Å². The number of fused-ring (bicyclic) bond motifs is 1. The van der Waals surface area contributed by atoms with Gasteiger partial charge in [0.1, 0.15) is 12.1 Å². The molecule has 3 heterocycles. The molecule has 6 heteroatoms. The highest BCUT2D eigenvalue weighted by Crippen LogP contribution is 2.22. The molecule has 1 aliphatic heterocycles. The molecule has 1 fully saturated rings. The molecule has 0 aliphatic carbocycles. The Hall–Kier alpha value is -1.69. The first-order chi connectivity index (χ1) is 7.86. The Morgan fingerprint density at radius 2 is 2.38 bits per heavy atom. The van der Waals surface area contributed by atoms with E-state index in [0.29, 0.717) is 11.9 Å². The molecule has 0 unspecified atom stereocenters. The van der Waals surface area contributed by atoms with Crippen molar-refractivity contribution in [2.45, 2.75) is 18.9 Å². The smallest absolute Gasteiger partial charge is 0.163 e. The molecule has 0 saturated carbocycles. The van der Waals surface area contributed by atoms with Gasteiger partial charge >= 0.3 is 0 Å². The van der Waals surface area contributed by atoms with E-state index in [0.717, 1.165) is 30.5 Å². The van der Waals surface area contributed by atoms with Gasteiger partial charge in [-0.3, -0.25) is 0 Å². The summed E-state index contributed by atoms with van der Waals surface area (Å²) >= 11 is 0. The SMILES string of the molecule is Nc1ncnc2c1cnn2[C@@H]1CCCNC1. The number of hydrogen-bond donors (Lipinski definition) is 2. The van der Waals surface area contributed by atoms with E-state index in [1.807, 2.05) is 4.68 Å². The summed E-state index contributed by atoms with van der Waals surface area (Å²) in [5.41, 5.74) is 6.61. The van der Waals surface area contributed by atoms with Gasteiger partial charge in [-0.1, -0.05) is 0 Å². The van der Waals surface area contributed by atoms with Crippen LogP contribution in [0, 0.1) is 0 Å². The third-order valence-electron chi connectivity index (χ3n) is 3.04. The fraction of sp³-hybridized carbons (Fsp3) is 0.500. The number of aromatic nitrogens is 4. The summed E-state index contributed by atoms with van der Waals surface area (Å²) in [6.45, 7) is 2.04. The van der Waals surface area contributed by atoms with Gasteiger partial charge in [0.05, 0.1) is 17.6 Å². The van der Waals surface area contributed by atoms with Gasteiger partial charge in [-0.05, 0) is 19.4 Å². The van der Waals surface area contributed by atoms with E-state index < -0.39 is 0 Å². The van der Waals surface area contributed by atoms with E-state index >= 15 is 0 Å². The van der Waals surface area contributed by atoms with Gasteiger partial charge in [-0.2, -0.15) is 5.10 Å². The Labute approximate surface area is 92.9 Å². The van der Waals surface area contributed by atoms with Crippen molar-refractivity contribution in [3.05, 3.63) is 12.5 Å². The highest BCUT2D eigenvalue weighted by Gasteiger charge is 2.18. The average Bonchev–Trinajstić information content (AvgIpc) is 2.75. The zero-order valence-corrected chi connectivity index (χ0v) is 8.93. The number of nitrogens with two attached hydrogens (primary N) is 1. The van der Waals surface area contributed by atoms with Crippen LogP contribution in [-0.4, -0.2) is 32.8 Å². The zero-order valence-electron chi connectivity index (χ0n) is 8.93. The van der Waals surface area contributed by atoms with Gasteiger partial charge in [-0.15, -0.1) is 0 Å². The van der Waals surface area contributed by atoms with Gasteiger partial charge in [0.15, 0.2) is 5.65 Å². The minimum Gasteiger partial charge on any atom is -0.383 e. The predicted octanol–water partition coefficient (Wildman–Crippen LogP) is 0.333. The summed E-state index contributed by atoms with van der Waals surface area (Å²) in [5.74, 6) is 0.500. The Morgan fingerprint density at radius 1 is 1.44 bits per heavy atom. The number of nitrogen functional groups attached to an aromatic ring is 1. The summed E-state index contributed by atoms with van der Waals surface area (Å²) in [5, 5.41) is 8.58. The molecular weight excluding hydrogens is 204 g/mol. The first kappa shape index (κ1) is 9.53. The van der Waals surface area contributed by atoms with Crippen molar-refractivity contribution in [1.82, 2.24) is 25.1 Å². The van der Waals surface area contributed by atoms with Crippen molar-refractivity contribution in [2.24, 2.45) is 0 Å². The van der Waals surface area contributed by atoms with Gasteiger partial charge < -0.3 is 11.1 Å². The lowest BCUT2D eigenvalue weighted by atomic mass is 10.1. The quantitative estimate of drug-likeness (QED) is 0.721. The van der Waals surface area contributed by atoms with Gasteiger partial charge in [0.25, 0.3) is 0 Å². The lowest BCUT2D eigenvalue weighted by molar-refractivity contribution is 0.353. The topological polar surface area (TPSA) is 81.7 Å². The maximum absolute atomic E-state index is 5.78. The zero-order chi connectivity index (χ0) is 11.0. The second kappa shape index (κ2) is 3.71. The summed E-state index contributed by atoms with van der Waals surface area (Å²) in [6.07, 6.45) is 5.55. The van der Waals surface area contributed by atoms with Crippen molar-refractivity contribution in [3.8, 4) is 0 Å². The predicted molar refractivity (Wildman–Crippen MR) is 60.9 cm³/mol. The van der Waals surface area contributed by atoms with E-state index in [2.05, 4.69) is 20.4 Å². The third kappa shape index (κ3) is 1.42. The molecule has 0 bridgehead atoms. The van der Waals surface area contributed by atoms with Gasteiger partial charge in [-0.25, -0.2) is 14.6 Å². The largest absolute Gasteiger partial charge is 0.383 e. The molecule has 0 aromatic carbocycles. The maximum atomic E-state index is 5.78. The van der Waals surface area contributed by atoms with Crippen LogP contribution in [0.3, 0.4) is 0 Å². The third-order valence-corrected chi connectivity index (χ3v) is 3.04. The molecule has 2 aromatic heterocycles. The second-order valence-electron chi connectivity index (χ2n) is 4.09. The van der Waals surface area contributed by atoms with Crippen LogP contribution >= 0.6 is 0 Å². The molecule has 3 rings (SSSR count). The number of rotatable bonds is 1. The van der Waals surface area contributed by atoms with E-state index in [1.165, 1.54) is 12.7 Å². The standard InChI is InChI=1S/C10H14N6/c11-9-8-5-15-16(10(8)14-6-13-9)7-2-1-3-12-4-7/h5-7,12H,1-4H2,(H2,11,13,14)/t7-/m1/s1. The Morgan fingerprint density at radius 3 is 3.19 bits per heavy atom. The molecular formula is C10H14N6. The summed E-state index contributed by atoms with van der Waals surface area (Å²) in [4.78, 5) is 8.22. The monoisotopic (exact) mass is 218 g/mol. The van der Waals surface area contributed by atoms with Crippen molar-refractivity contribution >= 4 is 16.9 Å². The normalized spacial score (nSPS) is 21.4. The maximum Gasteiger partial charge on any atom is 0.163 e. The molecule has 1 saturated heterocycles. The number of nitrogens with zero attached hydrogens (tertiary/aromatic N) is 4. The Bertz CT molecular complexity index is 499. The molecule has 16 heavy (non-hydrogen) atoms. The molecule has 0 amide bonds. The highest BCUT2D eigenvalue weighted by molar-refractivity contribution is 5.84. The number of nitrogens with one attached hydrogen (secondary N) is 1. The van der Waals surface area contributed by atoms with Gasteiger partial charge in [0, 0.05) is 6.54 Å². The van der Waals surface area contributed by atoms with E-state index in [-0.39, 0.29) is 0 Å². The highest BCUT2D eigenvalue weighted by atomic mass is 15.3. The minimum atomic E-state index is 0.376. The fourth-order valence-electron chi connectivity index (χ4n) is 2.19. The molecule has 0 radical (unpaired) electrons.